The van der Waals surface area contributed by atoms with Gasteiger partial charge in [0, 0.05) is 31.3 Å². The fraction of sp³-hybridized carbons (Fsp3) is 0.300. The van der Waals surface area contributed by atoms with E-state index in [0.29, 0.717) is 11.1 Å². The molecule has 0 unspecified atom stereocenters. The average Bonchev–Trinajstić information content (AvgIpc) is 2.64. The van der Waals surface area contributed by atoms with Crippen molar-refractivity contribution < 1.29 is 18.4 Å². The number of anilines is 1. The van der Waals surface area contributed by atoms with Crippen molar-refractivity contribution in [2.45, 2.75) is 26.3 Å². The maximum atomic E-state index is 13.6. The minimum absolute atomic E-state index is 0.0229. The predicted molar refractivity (Wildman–Crippen MR) is 106 cm³/mol. The van der Waals surface area contributed by atoms with E-state index in [0.717, 1.165) is 12.1 Å². The summed E-state index contributed by atoms with van der Waals surface area (Å²) >= 11 is 6.10. The van der Waals surface area contributed by atoms with Gasteiger partial charge in [-0.2, -0.15) is 0 Å². The molecule has 0 bridgehead atoms. The molecule has 2 rings (SSSR count). The van der Waals surface area contributed by atoms with Crippen LogP contribution in [0.3, 0.4) is 0 Å². The summed E-state index contributed by atoms with van der Waals surface area (Å²) in [5, 5.41) is 5.43. The smallest absolute Gasteiger partial charge is 0.319 e. The molecule has 0 aliphatic heterocycles. The highest BCUT2D eigenvalue weighted by Gasteiger charge is 2.16. The molecule has 0 fully saturated rings. The molecule has 0 aliphatic carbocycles. The number of halogens is 3. The van der Waals surface area contributed by atoms with Crippen molar-refractivity contribution in [2.75, 3.05) is 18.9 Å². The van der Waals surface area contributed by atoms with E-state index >= 15 is 0 Å². The van der Waals surface area contributed by atoms with Crippen molar-refractivity contribution in [3.8, 4) is 0 Å². The van der Waals surface area contributed by atoms with E-state index in [1.54, 1.807) is 18.0 Å². The molecule has 8 heteroatoms. The number of urea groups is 1. The first-order chi connectivity index (χ1) is 13.2. The predicted octanol–water partition coefficient (Wildman–Crippen LogP) is 4.46. The number of nitrogens with one attached hydrogen (secondary N) is 2. The van der Waals surface area contributed by atoms with Gasteiger partial charge in [-0.15, -0.1) is 0 Å². The van der Waals surface area contributed by atoms with E-state index in [1.807, 2.05) is 13.8 Å². The minimum atomic E-state index is -0.661. The quantitative estimate of drug-likeness (QED) is 0.739. The molecule has 0 saturated carbocycles. The zero-order chi connectivity index (χ0) is 20.8. The highest BCUT2D eigenvalue weighted by Crippen LogP contribution is 2.24. The summed E-state index contributed by atoms with van der Waals surface area (Å²) in [4.78, 5) is 26.1. The molecule has 0 heterocycles. The van der Waals surface area contributed by atoms with Gasteiger partial charge >= 0.3 is 6.03 Å². The second-order valence-electron chi connectivity index (χ2n) is 6.57. The van der Waals surface area contributed by atoms with Gasteiger partial charge in [-0.3, -0.25) is 4.79 Å². The number of amides is 3. The highest BCUT2D eigenvalue weighted by atomic mass is 35.5. The Morgan fingerprint density at radius 2 is 1.86 bits per heavy atom. The number of hydrogen-bond donors (Lipinski definition) is 2. The summed E-state index contributed by atoms with van der Waals surface area (Å²) in [7, 11) is 1.69. The molecule has 2 N–H and O–H groups in total. The van der Waals surface area contributed by atoms with Gasteiger partial charge in [-0.05, 0) is 50.1 Å². The lowest BCUT2D eigenvalue weighted by molar-refractivity contribution is 0.0755. The molecule has 0 atom stereocenters. The molecule has 5 nitrogen and oxygen atoms in total. The molecule has 2 aromatic carbocycles. The summed E-state index contributed by atoms with van der Waals surface area (Å²) < 4.78 is 26.5. The van der Waals surface area contributed by atoms with Crippen LogP contribution in [0.2, 0.25) is 5.02 Å². The maximum Gasteiger partial charge on any atom is 0.319 e. The third-order valence-corrected chi connectivity index (χ3v) is 4.58. The third kappa shape index (κ3) is 5.66. The first-order valence-corrected chi connectivity index (χ1v) is 9.12. The SMILES string of the molecule is CC(C)N(C)C(=O)c1ccc(Cl)c(NC(=O)NCCc2ccc(F)cc2F)c1. The van der Waals surface area contributed by atoms with Crippen LogP contribution in [0.4, 0.5) is 19.3 Å². The number of rotatable bonds is 6. The van der Waals surface area contributed by atoms with Crippen molar-refractivity contribution in [3.05, 3.63) is 64.2 Å². The van der Waals surface area contributed by atoms with Gasteiger partial charge < -0.3 is 15.5 Å². The Morgan fingerprint density at radius 3 is 2.50 bits per heavy atom. The van der Waals surface area contributed by atoms with E-state index in [-0.39, 0.29) is 35.6 Å². The number of carbonyl (C=O) groups excluding carboxylic acids is 2. The zero-order valence-corrected chi connectivity index (χ0v) is 16.6. The van der Waals surface area contributed by atoms with Crippen molar-refractivity contribution in [2.24, 2.45) is 0 Å². The Bertz CT molecular complexity index is 875. The van der Waals surface area contributed by atoms with Crippen LogP contribution in [-0.4, -0.2) is 36.5 Å². The molecule has 0 spiro atoms. The summed E-state index contributed by atoms with van der Waals surface area (Å²) in [6.45, 7) is 3.93. The van der Waals surface area contributed by atoms with E-state index in [4.69, 9.17) is 11.6 Å². The second kappa shape index (κ2) is 9.50. The molecular formula is C20H22ClF2N3O2. The molecular weight excluding hydrogens is 388 g/mol. The second-order valence-corrected chi connectivity index (χ2v) is 6.98. The lowest BCUT2D eigenvalue weighted by Gasteiger charge is -2.22. The summed E-state index contributed by atoms with van der Waals surface area (Å²) in [6, 6.07) is 7.39. The molecule has 150 valence electrons. The van der Waals surface area contributed by atoms with Gasteiger partial charge in [0.2, 0.25) is 0 Å². The minimum Gasteiger partial charge on any atom is -0.339 e. The fourth-order valence-electron chi connectivity index (χ4n) is 2.39. The fourth-order valence-corrected chi connectivity index (χ4v) is 2.56. The number of carbonyl (C=O) groups is 2. The van der Waals surface area contributed by atoms with Crippen molar-refractivity contribution in [1.29, 1.82) is 0 Å². The van der Waals surface area contributed by atoms with Crippen molar-refractivity contribution in [1.82, 2.24) is 10.2 Å². The molecule has 28 heavy (non-hydrogen) atoms. The molecule has 2 aromatic rings. The van der Waals surface area contributed by atoms with Gasteiger partial charge in [-0.1, -0.05) is 17.7 Å². The van der Waals surface area contributed by atoms with Crippen LogP contribution in [0.15, 0.2) is 36.4 Å². The van der Waals surface area contributed by atoms with E-state index < -0.39 is 17.7 Å². The van der Waals surface area contributed by atoms with Crippen molar-refractivity contribution in [3.63, 3.8) is 0 Å². The Morgan fingerprint density at radius 1 is 1.14 bits per heavy atom. The van der Waals surface area contributed by atoms with E-state index in [2.05, 4.69) is 10.6 Å². The number of benzene rings is 2. The maximum absolute atomic E-state index is 13.6. The Kier molecular flexibility index (Phi) is 7.34. The van der Waals surface area contributed by atoms with Crippen LogP contribution in [0.25, 0.3) is 0 Å². The van der Waals surface area contributed by atoms with E-state index in [1.165, 1.54) is 18.2 Å². The largest absolute Gasteiger partial charge is 0.339 e. The highest BCUT2D eigenvalue weighted by molar-refractivity contribution is 6.33. The van der Waals surface area contributed by atoms with Crippen LogP contribution in [0, 0.1) is 11.6 Å². The van der Waals surface area contributed by atoms with Crippen LogP contribution in [0.5, 0.6) is 0 Å². The van der Waals surface area contributed by atoms with Gasteiger partial charge in [0.05, 0.1) is 10.7 Å². The van der Waals surface area contributed by atoms with E-state index in [9.17, 15) is 18.4 Å². The van der Waals surface area contributed by atoms with Gasteiger partial charge in [0.1, 0.15) is 11.6 Å². The first-order valence-electron chi connectivity index (χ1n) is 8.74. The Balaban J connectivity index is 1.97. The van der Waals surface area contributed by atoms with Crippen LogP contribution >= 0.6 is 11.6 Å². The van der Waals surface area contributed by atoms with Crippen LogP contribution in [-0.2, 0) is 6.42 Å². The normalized spacial score (nSPS) is 10.7. The van der Waals surface area contributed by atoms with Crippen LogP contribution in [0.1, 0.15) is 29.8 Å². The van der Waals surface area contributed by atoms with Crippen LogP contribution < -0.4 is 10.6 Å². The summed E-state index contributed by atoms with van der Waals surface area (Å²) in [6.07, 6.45) is 0.199. The number of nitrogens with zero attached hydrogens (tertiary/aromatic N) is 1. The Hall–Kier alpha value is -2.67. The molecule has 0 radical (unpaired) electrons. The first kappa shape index (κ1) is 21.6. The number of hydrogen-bond acceptors (Lipinski definition) is 2. The van der Waals surface area contributed by atoms with Gasteiger partial charge in [0.15, 0.2) is 0 Å². The lowest BCUT2D eigenvalue weighted by atomic mass is 10.1. The molecule has 0 aromatic heterocycles. The molecule has 0 saturated heterocycles. The average molecular weight is 410 g/mol. The Labute approximate surface area is 167 Å². The molecule has 0 aliphatic rings. The summed E-state index contributed by atoms with van der Waals surface area (Å²) in [5.41, 5.74) is 0.975. The third-order valence-electron chi connectivity index (χ3n) is 4.25. The van der Waals surface area contributed by atoms with Gasteiger partial charge in [0.25, 0.3) is 5.91 Å². The zero-order valence-electron chi connectivity index (χ0n) is 15.9. The monoisotopic (exact) mass is 409 g/mol. The standard InChI is InChI=1S/C20H22ClF2N3O2/c1-12(2)26(3)19(27)14-5-7-16(21)18(10-14)25-20(28)24-9-8-13-4-6-15(22)11-17(13)23/h4-7,10-12H,8-9H2,1-3H3,(H2,24,25,28). The molecule has 3 amide bonds. The topological polar surface area (TPSA) is 61.4 Å². The lowest BCUT2D eigenvalue weighted by Crippen LogP contribution is -2.33. The van der Waals surface area contributed by atoms with Gasteiger partial charge in [-0.25, -0.2) is 13.6 Å². The van der Waals surface area contributed by atoms with Crippen molar-refractivity contribution >= 4 is 29.2 Å². The summed E-state index contributed by atoms with van der Waals surface area (Å²) in [5.74, 6) is -1.51.